The summed E-state index contributed by atoms with van der Waals surface area (Å²) in [5, 5.41) is 23.0. The lowest BCUT2D eigenvalue weighted by molar-refractivity contribution is 0.0481. The molecule has 1 aromatic carbocycles. The minimum Gasteiger partial charge on any atom is -0.481 e. The lowest BCUT2D eigenvalue weighted by Gasteiger charge is -2.28. The van der Waals surface area contributed by atoms with Crippen molar-refractivity contribution in [2.24, 2.45) is 11.1 Å². The fourth-order valence-electron chi connectivity index (χ4n) is 4.29. The molecule has 0 saturated heterocycles. The van der Waals surface area contributed by atoms with Crippen LogP contribution < -0.4 is 10.5 Å². The summed E-state index contributed by atoms with van der Waals surface area (Å²) in [7, 11) is 1.53. The van der Waals surface area contributed by atoms with Crippen molar-refractivity contribution in [1.82, 2.24) is 15.0 Å². The van der Waals surface area contributed by atoms with E-state index in [1.807, 2.05) is 19.1 Å². The van der Waals surface area contributed by atoms with Gasteiger partial charge in [-0.25, -0.2) is 19.3 Å². The lowest BCUT2D eigenvalue weighted by Crippen LogP contribution is -2.25. The van der Waals surface area contributed by atoms with E-state index < -0.39 is 5.92 Å². The van der Waals surface area contributed by atoms with Gasteiger partial charge in [0, 0.05) is 29.5 Å². The molecular formula is C25H28FN5O4. The van der Waals surface area contributed by atoms with Crippen molar-refractivity contribution in [3.8, 4) is 17.1 Å². The van der Waals surface area contributed by atoms with E-state index in [4.69, 9.17) is 15.3 Å². The molecule has 1 aliphatic carbocycles. The van der Waals surface area contributed by atoms with E-state index in [1.165, 1.54) is 19.2 Å². The Bertz CT molecular complexity index is 1230. The second-order valence-corrected chi connectivity index (χ2v) is 8.46. The number of hydrogen-bond donors (Lipinski definition) is 3. The first-order valence-corrected chi connectivity index (χ1v) is 11.3. The van der Waals surface area contributed by atoms with Crippen molar-refractivity contribution in [1.29, 1.82) is 0 Å². The SMILES string of the molecule is COc1cccc(-c2cc(F)ccc2[C@H]2CC(=NOCC(CO)CO)c3c(C)nc(N)nc3C2)n1. The zero-order valence-electron chi connectivity index (χ0n) is 19.6. The number of halogens is 1. The zero-order valence-corrected chi connectivity index (χ0v) is 19.6. The predicted octanol–water partition coefficient (Wildman–Crippen LogP) is 2.63. The molecule has 0 aliphatic heterocycles. The molecule has 0 unspecified atom stereocenters. The first kappa shape index (κ1) is 24.5. The third-order valence-electron chi connectivity index (χ3n) is 6.02. The summed E-state index contributed by atoms with van der Waals surface area (Å²) in [6, 6.07) is 9.99. The van der Waals surface area contributed by atoms with Crippen LogP contribution in [0.5, 0.6) is 5.88 Å². The number of methoxy groups -OCH3 is 1. The van der Waals surface area contributed by atoms with Crippen molar-refractivity contribution >= 4 is 11.7 Å². The number of fused-ring (bicyclic) bond motifs is 1. The van der Waals surface area contributed by atoms with Gasteiger partial charge in [-0.05, 0) is 43.0 Å². The van der Waals surface area contributed by atoms with Crippen LogP contribution in [0.3, 0.4) is 0 Å². The molecule has 0 radical (unpaired) electrons. The van der Waals surface area contributed by atoms with Crippen LogP contribution in [0, 0.1) is 18.7 Å². The number of benzene rings is 1. The van der Waals surface area contributed by atoms with Gasteiger partial charge in [-0.3, -0.25) is 0 Å². The first-order valence-electron chi connectivity index (χ1n) is 11.3. The number of pyridine rings is 1. The quantitative estimate of drug-likeness (QED) is 0.418. The number of anilines is 1. The molecule has 0 amide bonds. The summed E-state index contributed by atoms with van der Waals surface area (Å²) in [4.78, 5) is 18.7. The Kier molecular flexibility index (Phi) is 7.52. The fraction of sp³-hybridized carbons (Fsp3) is 0.360. The Morgan fingerprint density at radius 3 is 2.69 bits per heavy atom. The second kappa shape index (κ2) is 10.7. The summed E-state index contributed by atoms with van der Waals surface area (Å²) in [5.41, 5.74) is 10.9. The molecule has 1 aliphatic rings. The smallest absolute Gasteiger partial charge is 0.220 e. The van der Waals surface area contributed by atoms with Crippen molar-refractivity contribution in [2.45, 2.75) is 25.7 Å². The number of nitrogens with zero attached hydrogens (tertiary/aromatic N) is 4. The van der Waals surface area contributed by atoms with Gasteiger partial charge in [0.1, 0.15) is 12.4 Å². The van der Waals surface area contributed by atoms with E-state index in [1.54, 1.807) is 12.1 Å². The van der Waals surface area contributed by atoms with E-state index in [-0.39, 0.29) is 37.5 Å². The number of aromatic nitrogens is 3. The Labute approximate surface area is 202 Å². The molecule has 10 heteroatoms. The molecule has 0 bridgehead atoms. The van der Waals surface area contributed by atoms with Gasteiger partial charge < -0.3 is 25.5 Å². The Balaban J connectivity index is 1.76. The largest absolute Gasteiger partial charge is 0.481 e. The summed E-state index contributed by atoms with van der Waals surface area (Å²) >= 11 is 0. The minimum atomic E-state index is -0.440. The van der Waals surface area contributed by atoms with Gasteiger partial charge in [0.2, 0.25) is 11.8 Å². The number of rotatable bonds is 8. The van der Waals surface area contributed by atoms with Gasteiger partial charge in [0.05, 0.1) is 43.1 Å². The number of aryl methyl sites for hydroxylation is 1. The maximum absolute atomic E-state index is 14.3. The van der Waals surface area contributed by atoms with Crippen molar-refractivity contribution < 1.29 is 24.2 Å². The maximum atomic E-state index is 14.3. The number of ether oxygens (including phenoxy) is 1. The first-order chi connectivity index (χ1) is 16.9. The molecular weight excluding hydrogens is 453 g/mol. The molecule has 2 heterocycles. The van der Waals surface area contributed by atoms with Crippen molar-refractivity contribution in [3.05, 3.63) is 64.7 Å². The molecule has 0 saturated carbocycles. The summed E-state index contributed by atoms with van der Waals surface area (Å²) in [5.74, 6) is -0.334. The molecule has 4 N–H and O–H groups in total. The zero-order chi connectivity index (χ0) is 24.9. The number of oxime groups is 1. The molecule has 1 atom stereocenters. The topological polar surface area (TPSA) is 136 Å². The Morgan fingerprint density at radius 2 is 1.94 bits per heavy atom. The van der Waals surface area contributed by atoms with E-state index in [0.29, 0.717) is 41.4 Å². The molecule has 35 heavy (non-hydrogen) atoms. The maximum Gasteiger partial charge on any atom is 0.220 e. The van der Waals surface area contributed by atoms with Crippen LogP contribution in [-0.2, 0) is 11.3 Å². The van der Waals surface area contributed by atoms with Crippen molar-refractivity contribution in [3.63, 3.8) is 0 Å². The van der Waals surface area contributed by atoms with E-state index >= 15 is 0 Å². The van der Waals surface area contributed by atoms with Crippen LogP contribution >= 0.6 is 0 Å². The Hall–Kier alpha value is -3.63. The van der Waals surface area contributed by atoms with Crippen LogP contribution in [0.25, 0.3) is 11.3 Å². The number of nitrogen functional groups attached to an aromatic ring is 1. The molecule has 9 nitrogen and oxygen atoms in total. The van der Waals surface area contributed by atoms with Crippen LogP contribution in [0.15, 0.2) is 41.6 Å². The van der Waals surface area contributed by atoms with Crippen molar-refractivity contribution in [2.75, 3.05) is 32.7 Å². The molecule has 4 rings (SSSR count). The van der Waals surface area contributed by atoms with E-state index in [9.17, 15) is 14.6 Å². The van der Waals surface area contributed by atoms with Crippen LogP contribution in [0.2, 0.25) is 0 Å². The number of hydrogen-bond acceptors (Lipinski definition) is 9. The molecule has 3 aromatic rings. The molecule has 2 aromatic heterocycles. The Morgan fingerprint density at radius 1 is 1.14 bits per heavy atom. The van der Waals surface area contributed by atoms with Gasteiger partial charge in [-0.15, -0.1) is 0 Å². The average Bonchev–Trinajstić information content (AvgIpc) is 2.86. The standard InChI is InChI=1S/C25H28FN5O4/c1-14-24-21(30-25(27)28-14)8-16(9-22(24)31-35-13-15(11-32)12-33)18-7-6-17(26)10-19(18)20-4-3-5-23(29-20)34-2/h3-7,10,15-16,32-33H,8-9,11-13H2,1-2H3,(H2,27,28,30)/t16-/m1/s1. The van der Waals surface area contributed by atoms with E-state index in [0.717, 1.165) is 16.8 Å². The third-order valence-corrected chi connectivity index (χ3v) is 6.02. The number of aliphatic hydroxyl groups excluding tert-OH is 2. The van der Waals surface area contributed by atoms with Gasteiger partial charge >= 0.3 is 0 Å². The summed E-state index contributed by atoms with van der Waals surface area (Å²) in [6.07, 6.45) is 1.02. The van der Waals surface area contributed by atoms with E-state index in [2.05, 4.69) is 20.1 Å². The number of aliphatic hydroxyl groups is 2. The average molecular weight is 482 g/mol. The van der Waals surface area contributed by atoms with Gasteiger partial charge in [-0.2, -0.15) is 0 Å². The predicted molar refractivity (Wildman–Crippen MR) is 129 cm³/mol. The molecule has 184 valence electrons. The van der Waals surface area contributed by atoms with Gasteiger partial charge in [0.25, 0.3) is 0 Å². The van der Waals surface area contributed by atoms with Gasteiger partial charge in [0.15, 0.2) is 0 Å². The third kappa shape index (κ3) is 5.39. The summed E-state index contributed by atoms with van der Waals surface area (Å²) < 4.78 is 19.6. The monoisotopic (exact) mass is 481 g/mol. The number of nitrogens with two attached hydrogens (primary N) is 1. The molecule has 0 fully saturated rings. The highest BCUT2D eigenvalue weighted by atomic mass is 19.1. The minimum absolute atomic E-state index is 0.0565. The van der Waals surface area contributed by atoms with Crippen LogP contribution in [0.1, 0.15) is 34.9 Å². The highest BCUT2D eigenvalue weighted by molar-refractivity contribution is 6.03. The van der Waals surface area contributed by atoms with Gasteiger partial charge in [-0.1, -0.05) is 17.3 Å². The highest BCUT2D eigenvalue weighted by Crippen LogP contribution is 2.38. The molecule has 0 spiro atoms. The van der Waals surface area contributed by atoms with Crippen LogP contribution in [-0.4, -0.2) is 57.8 Å². The second-order valence-electron chi connectivity index (χ2n) is 8.46. The fourth-order valence-corrected chi connectivity index (χ4v) is 4.29. The highest BCUT2D eigenvalue weighted by Gasteiger charge is 2.31. The summed E-state index contributed by atoms with van der Waals surface area (Å²) in [6.45, 7) is 1.46. The lowest BCUT2D eigenvalue weighted by atomic mass is 9.79. The normalized spacial score (nSPS) is 16.4. The van der Waals surface area contributed by atoms with Crippen LogP contribution in [0.4, 0.5) is 10.3 Å².